The maximum Gasteiger partial charge on any atom is 0.158 e. The molecule has 0 saturated carbocycles. The van der Waals surface area contributed by atoms with Crippen molar-refractivity contribution in [3.8, 4) is 0 Å². The maximum atomic E-state index is 12.2. The van der Waals surface area contributed by atoms with Crippen molar-refractivity contribution in [3.63, 3.8) is 0 Å². The number of halogens is 1. The number of hydrogen-bond donors (Lipinski definition) is 1. The SMILES string of the molecule is NCc1ccc(CS(=O)(=O)Cc2ccc(Cl)cc2)cc1. The van der Waals surface area contributed by atoms with Gasteiger partial charge in [-0.15, -0.1) is 0 Å². The first-order valence-electron chi connectivity index (χ1n) is 6.21. The monoisotopic (exact) mass is 309 g/mol. The van der Waals surface area contributed by atoms with Gasteiger partial charge < -0.3 is 5.73 Å². The van der Waals surface area contributed by atoms with Crippen LogP contribution in [0, 0.1) is 0 Å². The lowest BCUT2D eigenvalue weighted by atomic mass is 10.1. The van der Waals surface area contributed by atoms with Crippen molar-refractivity contribution in [1.29, 1.82) is 0 Å². The summed E-state index contributed by atoms with van der Waals surface area (Å²) in [5, 5.41) is 0.600. The first-order chi connectivity index (χ1) is 9.48. The van der Waals surface area contributed by atoms with Gasteiger partial charge in [0.1, 0.15) is 0 Å². The molecule has 0 spiro atoms. The molecule has 0 aliphatic heterocycles. The van der Waals surface area contributed by atoms with E-state index in [1.807, 2.05) is 24.3 Å². The third-order valence-corrected chi connectivity index (χ3v) is 4.74. The molecule has 2 N–H and O–H groups in total. The van der Waals surface area contributed by atoms with Gasteiger partial charge in [0, 0.05) is 11.6 Å². The molecule has 0 radical (unpaired) electrons. The summed E-state index contributed by atoms with van der Waals surface area (Å²) in [6, 6.07) is 14.2. The molecule has 0 atom stereocenters. The van der Waals surface area contributed by atoms with Crippen LogP contribution in [0.3, 0.4) is 0 Å². The van der Waals surface area contributed by atoms with Crippen LogP contribution in [0.15, 0.2) is 48.5 Å². The van der Waals surface area contributed by atoms with Crippen LogP contribution in [0.5, 0.6) is 0 Å². The van der Waals surface area contributed by atoms with Gasteiger partial charge in [-0.1, -0.05) is 48.0 Å². The van der Waals surface area contributed by atoms with Gasteiger partial charge in [0.25, 0.3) is 0 Å². The van der Waals surface area contributed by atoms with Gasteiger partial charge >= 0.3 is 0 Å². The molecule has 0 aliphatic carbocycles. The van der Waals surface area contributed by atoms with Crippen molar-refractivity contribution in [1.82, 2.24) is 0 Å². The van der Waals surface area contributed by atoms with Crippen molar-refractivity contribution in [2.24, 2.45) is 5.73 Å². The van der Waals surface area contributed by atoms with Gasteiger partial charge in [0.2, 0.25) is 0 Å². The Balaban J connectivity index is 2.08. The fraction of sp³-hybridized carbons (Fsp3) is 0.200. The molecule has 0 bridgehead atoms. The standard InChI is InChI=1S/C15H16ClNO2S/c16-15-7-5-14(6-8-15)11-20(18,19)10-13-3-1-12(9-17)2-4-13/h1-8H,9-11,17H2. The Bertz CT molecular complexity index is 664. The van der Waals surface area contributed by atoms with Crippen molar-refractivity contribution in [3.05, 3.63) is 70.2 Å². The van der Waals surface area contributed by atoms with Crippen molar-refractivity contribution >= 4 is 21.4 Å². The molecule has 0 fully saturated rings. The highest BCUT2D eigenvalue weighted by molar-refractivity contribution is 7.89. The van der Waals surface area contributed by atoms with E-state index in [9.17, 15) is 8.42 Å². The molecule has 0 amide bonds. The average molecular weight is 310 g/mol. The zero-order valence-electron chi connectivity index (χ0n) is 10.9. The largest absolute Gasteiger partial charge is 0.326 e. The highest BCUT2D eigenvalue weighted by Gasteiger charge is 2.13. The van der Waals surface area contributed by atoms with Crippen molar-refractivity contribution in [2.75, 3.05) is 0 Å². The lowest BCUT2D eigenvalue weighted by Crippen LogP contribution is -2.08. The van der Waals surface area contributed by atoms with Crippen LogP contribution in [0.4, 0.5) is 0 Å². The topological polar surface area (TPSA) is 60.2 Å². The van der Waals surface area contributed by atoms with Gasteiger partial charge in [-0.25, -0.2) is 8.42 Å². The van der Waals surface area contributed by atoms with E-state index in [4.69, 9.17) is 17.3 Å². The second-order valence-electron chi connectivity index (χ2n) is 4.68. The lowest BCUT2D eigenvalue weighted by Gasteiger charge is -2.06. The van der Waals surface area contributed by atoms with Crippen LogP contribution in [0.25, 0.3) is 0 Å². The Hall–Kier alpha value is -1.36. The first kappa shape index (κ1) is 15.0. The molecule has 0 unspecified atom stereocenters. The molecule has 0 aliphatic rings. The molecule has 2 aromatic carbocycles. The van der Waals surface area contributed by atoms with Gasteiger partial charge in [-0.2, -0.15) is 0 Å². The minimum Gasteiger partial charge on any atom is -0.326 e. The zero-order chi connectivity index (χ0) is 14.6. The highest BCUT2D eigenvalue weighted by atomic mass is 35.5. The summed E-state index contributed by atoms with van der Waals surface area (Å²) in [6.07, 6.45) is 0. The van der Waals surface area contributed by atoms with E-state index in [0.717, 1.165) is 16.7 Å². The van der Waals surface area contributed by atoms with Gasteiger partial charge in [0.05, 0.1) is 11.5 Å². The molecule has 5 heteroatoms. The molecule has 0 aromatic heterocycles. The van der Waals surface area contributed by atoms with Crippen LogP contribution in [0.2, 0.25) is 5.02 Å². The number of sulfone groups is 1. The molecule has 2 aromatic rings. The lowest BCUT2D eigenvalue weighted by molar-refractivity contribution is 0.594. The van der Waals surface area contributed by atoms with E-state index in [1.165, 1.54) is 0 Å². The Morgan fingerprint density at radius 3 is 1.65 bits per heavy atom. The zero-order valence-corrected chi connectivity index (χ0v) is 12.5. The van der Waals surface area contributed by atoms with E-state index in [0.29, 0.717) is 11.6 Å². The normalized spacial score (nSPS) is 11.5. The Labute approximate surface area is 124 Å². The fourth-order valence-corrected chi connectivity index (χ4v) is 3.54. The Morgan fingerprint density at radius 1 is 0.800 bits per heavy atom. The minimum atomic E-state index is -3.19. The molecular weight excluding hydrogens is 294 g/mol. The van der Waals surface area contributed by atoms with Crippen molar-refractivity contribution < 1.29 is 8.42 Å². The highest BCUT2D eigenvalue weighted by Crippen LogP contribution is 2.15. The van der Waals surface area contributed by atoms with E-state index < -0.39 is 9.84 Å². The van der Waals surface area contributed by atoms with Gasteiger partial charge in [0.15, 0.2) is 9.84 Å². The third-order valence-electron chi connectivity index (χ3n) is 2.95. The Kier molecular flexibility index (Phi) is 4.81. The number of nitrogens with two attached hydrogens (primary N) is 1. The van der Waals surface area contributed by atoms with Crippen LogP contribution in [-0.2, 0) is 27.9 Å². The molecular formula is C15H16ClNO2S. The maximum absolute atomic E-state index is 12.2. The van der Waals surface area contributed by atoms with Crippen LogP contribution < -0.4 is 5.73 Å². The van der Waals surface area contributed by atoms with E-state index in [2.05, 4.69) is 0 Å². The van der Waals surface area contributed by atoms with E-state index >= 15 is 0 Å². The smallest absolute Gasteiger partial charge is 0.158 e. The quantitative estimate of drug-likeness (QED) is 0.924. The third kappa shape index (κ3) is 4.34. The van der Waals surface area contributed by atoms with Gasteiger partial charge in [-0.05, 0) is 28.8 Å². The van der Waals surface area contributed by atoms with Gasteiger partial charge in [-0.3, -0.25) is 0 Å². The summed E-state index contributed by atoms with van der Waals surface area (Å²) in [5.41, 5.74) is 8.02. The molecule has 106 valence electrons. The summed E-state index contributed by atoms with van der Waals surface area (Å²) in [4.78, 5) is 0. The predicted molar refractivity (Wildman–Crippen MR) is 82.1 cm³/mol. The van der Waals surface area contributed by atoms with E-state index in [-0.39, 0.29) is 11.5 Å². The molecule has 0 heterocycles. The molecule has 20 heavy (non-hydrogen) atoms. The number of hydrogen-bond acceptors (Lipinski definition) is 3. The predicted octanol–water partition coefficient (Wildman–Crippen LogP) is 2.91. The number of rotatable bonds is 5. The summed E-state index contributed by atoms with van der Waals surface area (Å²) < 4.78 is 24.3. The molecule has 3 nitrogen and oxygen atoms in total. The summed E-state index contributed by atoms with van der Waals surface area (Å²) in [5.74, 6) is 0.0449. The van der Waals surface area contributed by atoms with Crippen molar-refractivity contribution in [2.45, 2.75) is 18.1 Å². The van der Waals surface area contributed by atoms with Crippen LogP contribution in [0.1, 0.15) is 16.7 Å². The molecule has 0 saturated heterocycles. The second-order valence-corrected chi connectivity index (χ2v) is 7.18. The average Bonchev–Trinajstić information content (AvgIpc) is 2.41. The van der Waals surface area contributed by atoms with Crippen LogP contribution in [-0.4, -0.2) is 8.42 Å². The summed E-state index contributed by atoms with van der Waals surface area (Å²) in [7, 11) is -3.19. The first-order valence-corrected chi connectivity index (χ1v) is 8.41. The van der Waals surface area contributed by atoms with E-state index in [1.54, 1.807) is 24.3 Å². The number of benzene rings is 2. The van der Waals surface area contributed by atoms with Crippen LogP contribution >= 0.6 is 11.6 Å². The Morgan fingerprint density at radius 2 is 1.20 bits per heavy atom. The molecule has 2 rings (SSSR count). The second kappa shape index (κ2) is 6.39. The summed E-state index contributed by atoms with van der Waals surface area (Å²) >= 11 is 5.78. The fourth-order valence-electron chi connectivity index (χ4n) is 1.91. The minimum absolute atomic E-state index is 0.0167. The summed E-state index contributed by atoms with van der Waals surface area (Å²) in [6.45, 7) is 0.456.